The molecule has 0 spiro atoms. The van der Waals surface area contributed by atoms with Gasteiger partial charge in [-0.15, -0.1) is 15.3 Å². The van der Waals surface area contributed by atoms with Crippen LogP contribution in [0, 0.1) is 6.92 Å². The molecule has 0 radical (unpaired) electrons. The Bertz CT molecular complexity index is 765. The molecule has 0 saturated carbocycles. The smallest absolute Gasteiger partial charge is 0.335 e. The average Bonchev–Trinajstić information content (AvgIpc) is 3.00. The topological polar surface area (TPSA) is 79.5 Å². The van der Waals surface area contributed by atoms with Crippen molar-refractivity contribution in [2.75, 3.05) is 32.7 Å². The number of nitrogens with zero attached hydrogens (tertiary/aromatic N) is 7. The molecule has 11 heteroatoms. The molecule has 0 bridgehead atoms. The van der Waals surface area contributed by atoms with Crippen LogP contribution >= 0.6 is 0 Å². The number of hydrogen-bond acceptors (Lipinski definition) is 6. The van der Waals surface area contributed by atoms with Crippen LogP contribution in [0.25, 0.3) is 5.78 Å². The van der Waals surface area contributed by atoms with Crippen LogP contribution in [0.1, 0.15) is 28.9 Å². The highest BCUT2D eigenvalue weighted by molar-refractivity contribution is 5.93. The van der Waals surface area contributed by atoms with Crippen LogP contribution in [-0.2, 0) is 6.18 Å². The number of alkyl halides is 3. The lowest BCUT2D eigenvalue weighted by Gasteiger charge is -2.33. The van der Waals surface area contributed by atoms with Gasteiger partial charge >= 0.3 is 6.18 Å². The van der Waals surface area contributed by atoms with E-state index in [0.717, 1.165) is 24.1 Å². The number of amides is 1. The number of aryl methyl sites for hydroxylation is 1. The Morgan fingerprint density at radius 3 is 2.42 bits per heavy atom. The molecule has 1 aliphatic heterocycles. The second-order valence-corrected chi connectivity index (χ2v) is 5.51. The minimum Gasteiger partial charge on any atom is -0.335 e. The number of hydrogen-bond donors (Lipinski definition) is 0. The molecule has 1 saturated heterocycles. The van der Waals surface area contributed by atoms with Crippen LogP contribution in [0.5, 0.6) is 0 Å². The molecule has 0 atom stereocenters. The molecule has 8 nitrogen and oxygen atoms in total. The monoisotopic (exact) mass is 343 g/mol. The number of piperazine rings is 1. The molecule has 130 valence electrons. The number of aromatic nitrogens is 5. The fourth-order valence-corrected chi connectivity index (χ4v) is 2.60. The lowest BCUT2D eigenvalue weighted by Crippen LogP contribution is -2.48. The molecule has 0 unspecified atom stereocenters. The molecule has 24 heavy (non-hydrogen) atoms. The number of fused-ring (bicyclic) bond motifs is 1. The summed E-state index contributed by atoms with van der Waals surface area (Å²) in [6.07, 6.45) is -4.68. The van der Waals surface area contributed by atoms with E-state index in [9.17, 15) is 18.0 Å². The fraction of sp³-hybridized carbons (Fsp3) is 0.615. The maximum absolute atomic E-state index is 12.7. The van der Waals surface area contributed by atoms with Crippen LogP contribution in [0.3, 0.4) is 0 Å². The van der Waals surface area contributed by atoms with Gasteiger partial charge in [-0.2, -0.15) is 22.7 Å². The van der Waals surface area contributed by atoms with Gasteiger partial charge in [0.25, 0.3) is 17.5 Å². The van der Waals surface area contributed by atoms with Gasteiger partial charge in [-0.25, -0.2) is 0 Å². The van der Waals surface area contributed by atoms with Crippen molar-refractivity contribution in [1.29, 1.82) is 0 Å². The Morgan fingerprint density at radius 1 is 1.17 bits per heavy atom. The predicted molar refractivity (Wildman–Crippen MR) is 76.3 cm³/mol. The van der Waals surface area contributed by atoms with Crippen LogP contribution in [0.15, 0.2) is 0 Å². The molecule has 3 heterocycles. The van der Waals surface area contributed by atoms with E-state index in [0.29, 0.717) is 13.1 Å². The van der Waals surface area contributed by atoms with Crippen molar-refractivity contribution in [3.63, 3.8) is 0 Å². The standard InChI is InChI=1S/C13H16F3N7O/c1-3-21-4-6-22(7-5-21)10(24)9-8(2)23-12(19-18-9)17-11(20-23)13(14,15)16/h3-7H2,1-2H3. The molecule has 0 aliphatic carbocycles. The normalized spacial score (nSPS) is 16.8. The van der Waals surface area contributed by atoms with E-state index in [1.165, 1.54) is 6.92 Å². The van der Waals surface area contributed by atoms with Crippen molar-refractivity contribution in [3.05, 3.63) is 17.2 Å². The molecule has 0 aromatic carbocycles. The van der Waals surface area contributed by atoms with E-state index in [1.54, 1.807) is 4.90 Å². The number of carbonyl (C=O) groups is 1. The molecule has 1 fully saturated rings. The summed E-state index contributed by atoms with van der Waals surface area (Å²) in [5.74, 6) is -1.95. The first kappa shape index (κ1) is 16.6. The number of likely N-dealkylation sites (N-methyl/N-ethyl adjacent to an activating group) is 1. The van der Waals surface area contributed by atoms with Crippen molar-refractivity contribution >= 4 is 11.7 Å². The van der Waals surface area contributed by atoms with Crippen LogP contribution in [0.2, 0.25) is 0 Å². The summed E-state index contributed by atoms with van der Waals surface area (Å²) in [5.41, 5.74) is 0.178. The number of rotatable bonds is 2. The van der Waals surface area contributed by atoms with Gasteiger partial charge in [0.1, 0.15) is 0 Å². The van der Waals surface area contributed by atoms with Gasteiger partial charge in [0, 0.05) is 26.2 Å². The minimum atomic E-state index is -4.68. The van der Waals surface area contributed by atoms with Gasteiger partial charge in [0.15, 0.2) is 5.69 Å². The van der Waals surface area contributed by atoms with Gasteiger partial charge < -0.3 is 9.80 Å². The summed E-state index contributed by atoms with van der Waals surface area (Å²) >= 11 is 0. The van der Waals surface area contributed by atoms with Crippen LogP contribution in [-0.4, -0.2) is 73.2 Å². The highest BCUT2D eigenvalue weighted by Crippen LogP contribution is 2.26. The molecule has 2 aromatic rings. The van der Waals surface area contributed by atoms with Crippen molar-refractivity contribution in [2.45, 2.75) is 20.0 Å². The third-order valence-corrected chi connectivity index (χ3v) is 4.05. The predicted octanol–water partition coefficient (Wildman–Crippen LogP) is 0.624. The molecule has 1 aliphatic rings. The Kier molecular flexibility index (Phi) is 4.11. The third-order valence-electron chi connectivity index (χ3n) is 4.05. The van der Waals surface area contributed by atoms with Gasteiger partial charge in [0.05, 0.1) is 5.69 Å². The lowest BCUT2D eigenvalue weighted by atomic mass is 10.2. The van der Waals surface area contributed by atoms with Gasteiger partial charge in [-0.05, 0) is 13.5 Å². The van der Waals surface area contributed by atoms with E-state index in [4.69, 9.17) is 0 Å². The van der Waals surface area contributed by atoms with E-state index in [-0.39, 0.29) is 23.1 Å². The summed E-state index contributed by atoms with van der Waals surface area (Å²) < 4.78 is 39.0. The molecule has 0 N–H and O–H groups in total. The molecule has 2 aromatic heterocycles. The van der Waals surface area contributed by atoms with Gasteiger partial charge in [-0.1, -0.05) is 6.92 Å². The molecule has 1 amide bonds. The van der Waals surface area contributed by atoms with E-state index in [2.05, 4.69) is 25.2 Å². The van der Waals surface area contributed by atoms with Crippen molar-refractivity contribution in [1.82, 2.24) is 34.6 Å². The maximum Gasteiger partial charge on any atom is 0.453 e. The zero-order valence-corrected chi connectivity index (χ0v) is 13.2. The average molecular weight is 343 g/mol. The van der Waals surface area contributed by atoms with E-state index in [1.807, 2.05) is 6.92 Å². The first-order valence-corrected chi connectivity index (χ1v) is 7.50. The number of carbonyl (C=O) groups excluding carboxylic acids is 1. The minimum absolute atomic E-state index is 0.00827. The first-order chi connectivity index (χ1) is 11.3. The molecular formula is C13H16F3N7O. The zero-order chi connectivity index (χ0) is 17.5. The first-order valence-electron chi connectivity index (χ1n) is 7.50. The number of halogens is 3. The summed E-state index contributed by atoms with van der Waals surface area (Å²) in [4.78, 5) is 19.7. The SMILES string of the molecule is CCN1CCN(C(=O)c2nnc3nc(C(F)(F)F)nn3c2C)CC1. The molecular weight excluding hydrogens is 327 g/mol. The zero-order valence-electron chi connectivity index (χ0n) is 13.2. The summed E-state index contributed by atoms with van der Waals surface area (Å²) in [5, 5.41) is 10.8. The summed E-state index contributed by atoms with van der Waals surface area (Å²) in [6, 6.07) is 0. The Hall–Kier alpha value is -2.30. The Labute approximate surface area is 135 Å². The van der Waals surface area contributed by atoms with Crippen LogP contribution < -0.4 is 0 Å². The quantitative estimate of drug-likeness (QED) is 0.796. The van der Waals surface area contributed by atoms with E-state index < -0.39 is 12.0 Å². The van der Waals surface area contributed by atoms with E-state index >= 15 is 0 Å². The van der Waals surface area contributed by atoms with Gasteiger partial charge in [-0.3, -0.25) is 4.79 Å². The third kappa shape index (κ3) is 2.90. The van der Waals surface area contributed by atoms with Crippen molar-refractivity contribution < 1.29 is 18.0 Å². The molecule has 3 rings (SSSR count). The van der Waals surface area contributed by atoms with Gasteiger partial charge in [0.2, 0.25) is 0 Å². The largest absolute Gasteiger partial charge is 0.453 e. The highest BCUT2D eigenvalue weighted by Gasteiger charge is 2.37. The maximum atomic E-state index is 12.7. The summed E-state index contributed by atoms with van der Waals surface area (Å²) in [7, 11) is 0. The van der Waals surface area contributed by atoms with Crippen molar-refractivity contribution in [2.24, 2.45) is 0 Å². The Morgan fingerprint density at radius 2 is 1.83 bits per heavy atom. The summed E-state index contributed by atoms with van der Waals surface area (Å²) in [6.45, 7) is 7.01. The lowest BCUT2D eigenvalue weighted by molar-refractivity contribution is -0.144. The second kappa shape index (κ2) is 5.96. The van der Waals surface area contributed by atoms with Crippen molar-refractivity contribution in [3.8, 4) is 0 Å². The second-order valence-electron chi connectivity index (χ2n) is 5.51. The fourth-order valence-electron chi connectivity index (χ4n) is 2.60. The van der Waals surface area contributed by atoms with Crippen LogP contribution in [0.4, 0.5) is 13.2 Å². The highest BCUT2D eigenvalue weighted by atomic mass is 19.4. The Balaban J connectivity index is 1.90.